The van der Waals surface area contributed by atoms with Gasteiger partial charge >= 0.3 is 0 Å². The second-order valence-electron chi connectivity index (χ2n) is 4.78. The number of H-pyrrole nitrogens is 1. The van der Waals surface area contributed by atoms with Crippen molar-refractivity contribution in [2.45, 2.75) is 19.0 Å². The van der Waals surface area contributed by atoms with Crippen molar-refractivity contribution in [2.75, 3.05) is 20.3 Å². The monoisotopic (exact) mass is 309 g/mol. The predicted octanol–water partition coefficient (Wildman–Crippen LogP) is 2.55. The van der Waals surface area contributed by atoms with E-state index in [1.807, 2.05) is 12.1 Å². The Morgan fingerprint density at radius 3 is 3.22 bits per heavy atom. The van der Waals surface area contributed by atoms with E-state index in [2.05, 4.69) is 43.9 Å². The first-order chi connectivity index (χ1) is 8.72. The summed E-state index contributed by atoms with van der Waals surface area (Å²) >= 11 is 3.47. The van der Waals surface area contributed by atoms with E-state index in [1.54, 1.807) is 0 Å². The first-order valence-corrected chi connectivity index (χ1v) is 6.94. The summed E-state index contributed by atoms with van der Waals surface area (Å²) in [5.41, 5.74) is 2.10. The van der Waals surface area contributed by atoms with E-state index in [0.29, 0.717) is 6.04 Å². The van der Waals surface area contributed by atoms with Crippen molar-refractivity contribution in [3.8, 4) is 0 Å². The van der Waals surface area contributed by atoms with Gasteiger partial charge in [-0.05, 0) is 31.7 Å². The quantitative estimate of drug-likeness (QED) is 0.947. The molecule has 1 aliphatic rings. The minimum atomic E-state index is 0.518. The van der Waals surface area contributed by atoms with Gasteiger partial charge in [0.1, 0.15) is 5.82 Å². The molecule has 18 heavy (non-hydrogen) atoms. The Labute approximate surface area is 114 Å². The van der Waals surface area contributed by atoms with Crippen molar-refractivity contribution in [3.63, 3.8) is 0 Å². The lowest BCUT2D eigenvalue weighted by molar-refractivity contribution is 0.155. The molecule has 0 aliphatic carbocycles. The zero-order chi connectivity index (χ0) is 12.5. The van der Waals surface area contributed by atoms with Crippen LogP contribution in [0.5, 0.6) is 0 Å². The molecule has 0 radical (unpaired) electrons. The molecular formula is C13H16BrN3O. The topological polar surface area (TPSA) is 41.2 Å². The molecular weight excluding hydrogens is 294 g/mol. The van der Waals surface area contributed by atoms with Crippen LogP contribution in [0.3, 0.4) is 0 Å². The lowest BCUT2D eigenvalue weighted by atomic mass is 10.2. The number of nitrogens with zero attached hydrogens (tertiary/aromatic N) is 2. The zero-order valence-corrected chi connectivity index (χ0v) is 11.9. The van der Waals surface area contributed by atoms with Crippen LogP contribution in [-0.4, -0.2) is 41.2 Å². The van der Waals surface area contributed by atoms with Gasteiger partial charge in [-0.1, -0.05) is 15.9 Å². The lowest BCUT2D eigenvalue weighted by Crippen LogP contribution is -2.31. The number of fused-ring (bicyclic) bond motifs is 1. The molecule has 1 aromatic carbocycles. The Balaban J connectivity index is 1.77. The van der Waals surface area contributed by atoms with Gasteiger partial charge in [0.15, 0.2) is 0 Å². The van der Waals surface area contributed by atoms with Gasteiger partial charge in [-0.25, -0.2) is 4.98 Å². The molecule has 1 unspecified atom stereocenters. The maximum absolute atomic E-state index is 5.41. The van der Waals surface area contributed by atoms with Crippen molar-refractivity contribution in [1.82, 2.24) is 14.9 Å². The summed E-state index contributed by atoms with van der Waals surface area (Å²) in [6, 6.07) is 6.62. The fraction of sp³-hybridized carbons (Fsp3) is 0.462. The third-order valence-electron chi connectivity index (χ3n) is 3.42. The van der Waals surface area contributed by atoms with Crippen LogP contribution in [0.25, 0.3) is 11.0 Å². The Kier molecular flexibility index (Phi) is 3.37. The summed E-state index contributed by atoms with van der Waals surface area (Å²) in [6.45, 7) is 2.55. The fourth-order valence-corrected chi connectivity index (χ4v) is 2.71. The SMILES string of the molecule is CN(Cc1nc2ccc(Br)cc2[nH]1)C1CCOC1. The van der Waals surface area contributed by atoms with Crippen LogP contribution in [0.15, 0.2) is 22.7 Å². The normalized spacial score (nSPS) is 20.1. The van der Waals surface area contributed by atoms with Crippen molar-refractivity contribution in [3.05, 3.63) is 28.5 Å². The molecule has 0 amide bonds. The molecule has 1 fully saturated rings. The summed E-state index contributed by atoms with van der Waals surface area (Å²) in [4.78, 5) is 10.3. The fourth-order valence-electron chi connectivity index (χ4n) is 2.34. The third kappa shape index (κ3) is 2.43. The van der Waals surface area contributed by atoms with E-state index in [9.17, 15) is 0 Å². The number of hydrogen-bond acceptors (Lipinski definition) is 3. The highest BCUT2D eigenvalue weighted by Crippen LogP contribution is 2.19. The summed E-state index contributed by atoms with van der Waals surface area (Å²) < 4.78 is 6.48. The summed E-state index contributed by atoms with van der Waals surface area (Å²) in [6.07, 6.45) is 1.11. The maximum Gasteiger partial charge on any atom is 0.121 e. The van der Waals surface area contributed by atoms with Crippen molar-refractivity contribution < 1.29 is 4.74 Å². The van der Waals surface area contributed by atoms with E-state index >= 15 is 0 Å². The maximum atomic E-state index is 5.41. The van der Waals surface area contributed by atoms with Crippen molar-refractivity contribution in [1.29, 1.82) is 0 Å². The van der Waals surface area contributed by atoms with Crippen LogP contribution >= 0.6 is 15.9 Å². The largest absolute Gasteiger partial charge is 0.380 e. The Hall–Kier alpha value is -0.910. The Morgan fingerprint density at radius 2 is 2.44 bits per heavy atom. The second kappa shape index (κ2) is 4.99. The van der Waals surface area contributed by atoms with Gasteiger partial charge in [-0.2, -0.15) is 0 Å². The standard InChI is InChI=1S/C13H16BrN3O/c1-17(10-4-5-18-8-10)7-13-15-11-3-2-9(14)6-12(11)16-13/h2-3,6,10H,4-5,7-8H2,1H3,(H,15,16). The van der Waals surface area contributed by atoms with Gasteiger partial charge in [0.05, 0.1) is 24.2 Å². The predicted molar refractivity (Wildman–Crippen MR) is 74.5 cm³/mol. The highest BCUT2D eigenvalue weighted by Gasteiger charge is 2.21. The number of ether oxygens (including phenoxy) is 1. The van der Waals surface area contributed by atoms with E-state index in [-0.39, 0.29) is 0 Å². The van der Waals surface area contributed by atoms with Crippen LogP contribution in [0.4, 0.5) is 0 Å². The number of aromatic nitrogens is 2. The molecule has 2 heterocycles. The van der Waals surface area contributed by atoms with Crippen molar-refractivity contribution >= 4 is 27.0 Å². The number of rotatable bonds is 3. The number of likely N-dealkylation sites (N-methyl/N-ethyl adjacent to an activating group) is 1. The average molecular weight is 310 g/mol. The van der Waals surface area contributed by atoms with Crippen molar-refractivity contribution in [2.24, 2.45) is 0 Å². The molecule has 1 aliphatic heterocycles. The highest BCUT2D eigenvalue weighted by atomic mass is 79.9. The minimum Gasteiger partial charge on any atom is -0.380 e. The third-order valence-corrected chi connectivity index (χ3v) is 3.91. The van der Waals surface area contributed by atoms with Gasteiger partial charge in [-0.15, -0.1) is 0 Å². The first kappa shape index (κ1) is 12.1. The molecule has 96 valence electrons. The molecule has 4 nitrogen and oxygen atoms in total. The average Bonchev–Trinajstić information content (AvgIpc) is 2.95. The van der Waals surface area contributed by atoms with Gasteiger partial charge in [0.2, 0.25) is 0 Å². The number of halogens is 1. The molecule has 1 N–H and O–H groups in total. The first-order valence-electron chi connectivity index (χ1n) is 6.14. The van der Waals surface area contributed by atoms with E-state index < -0.39 is 0 Å². The van der Waals surface area contributed by atoms with Crippen LogP contribution in [0.1, 0.15) is 12.2 Å². The van der Waals surface area contributed by atoms with Gasteiger partial charge in [0, 0.05) is 17.1 Å². The molecule has 5 heteroatoms. The van der Waals surface area contributed by atoms with Gasteiger partial charge in [-0.3, -0.25) is 4.90 Å². The van der Waals surface area contributed by atoms with Gasteiger partial charge in [0.25, 0.3) is 0 Å². The molecule has 2 aromatic rings. The molecule has 1 atom stereocenters. The summed E-state index contributed by atoms with van der Waals surface area (Å²) in [5.74, 6) is 1.01. The van der Waals surface area contributed by atoms with E-state index in [4.69, 9.17) is 4.74 Å². The number of imidazole rings is 1. The van der Waals surface area contributed by atoms with E-state index in [1.165, 1.54) is 0 Å². The molecule has 1 saturated heterocycles. The molecule has 0 saturated carbocycles. The van der Waals surface area contributed by atoms with Gasteiger partial charge < -0.3 is 9.72 Å². The van der Waals surface area contributed by atoms with E-state index in [0.717, 1.165) is 47.5 Å². The summed E-state index contributed by atoms with van der Waals surface area (Å²) in [7, 11) is 2.13. The number of hydrogen-bond donors (Lipinski definition) is 1. The van der Waals surface area contributed by atoms with Crippen LogP contribution in [0.2, 0.25) is 0 Å². The summed E-state index contributed by atoms with van der Waals surface area (Å²) in [5, 5.41) is 0. The Morgan fingerprint density at radius 1 is 1.56 bits per heavy atom. The molecule has 3 rings (SSSR count). The van der Waals surface area contributed by atoms with Crippen LogP contribution in [-0.2, 0) is 11.3 Å². The number of nitrogens with one attached hydrogen (secondary N) is 1. The molecule has 1 aromatic heterocycles. The second-order valence-corrected chi connectivity index (χ2v) is 5.69. The van der Waals surface area contributed by atoms with Crippen LogP contribution < -0.4 is 0 Å². The molecule has 0 bridgehead atoms. The number of benzene rings is 1. The smallest absolute Gasteiger partial charge is 0.121 e. The minimum absolute atomic E-state index is 0.518. The number of aromatic amines is 1. The Bertz CT molecular complexity index is 548. The lowest BCUT2D eigenvalue weighted by Gasteiger charge is -2.21. The highest BCUT2D eigenvalue weighted by molar-refractivity contribution is 9.10. The van der Waals surface area contributed by atoms with Crippen LogP contribution in [0, 0.1) is 0 Å². The molecule has 0 spiro atoms. The zero-order valence-electron chi connectivity index (χ0n) is 10.3.